The summed E-state index contributed by atoms with van der Waals surface area (Å²) in [4.78, 5) is 56.9. The summed E-state index contributed by atoms with van der Waals surface area (Å²) in [6.45, 7) is 6.09. The van der Waals surface area contributed by atoms with E-state index in [1.54, 1.807) is 4.90 Å². The number of hydrogen-bond donors (Lipinski definition) is 5. The quantitative estimate of drug-likeness (QED) is 0.131. The van der Waals surface area contributed by atoms with Crippen LogP contribution >= 0.6 is 0 Å². The van der Waals surface area contributed by atoms with E-state index in [4.69, 9.17) is 11.5 Å². The molecule has 2 aromatic rings. The highest BCUT2D eigenvalue weighted by Gasteiger charge is 2.49. The molecule has 2 aliphatic rings. The number of benzene rings is 2. The topological polar surface area (TPSA) is 200 Å². The highest BCUT2D eigenvalue weighted by Crippen LogP contribution is 2.41. The molecule has 298 valence electrons. The average Bonchev–Trinajstić information content (AvgIpc) is 3.13. The fraction of sp³-hybridized carbons (Fsp3) is 0.590. The van der Waals surface area contributed by atoms with Crippen LogP contribution in [0.1, 0.15) is 63.5 Å². The highest BCUT2D eigenvalue weighted by molar-refractivity contribution is 7.86. The predicted octanol–water partition coefficient (Wildman–Crippen LogP) is 1.16. The molecule has 2 fully saturated rings. The lowest BCUT2D eigenvalue weighted by molar-refractivity contribution is -0.150. The lowest BCUT2D eigenvalue weighted by Gasteiger charge is -2.54. The lowest BCUT2D eigenvalue weighted by atomic mass is 9.72. The second-order valence-corrected chi connectivity index (χ2v) is 17.6. The maximum atomic E-state index is 14.0. The number of amides is 4. The van der Waals surface area contributed by atoms with Crippen LogP contribution < -0.4 is 27.4 Å². The van der Waals surface area contributed by atoms with Gasteiger partial charge >= 0.3 is 0 Å². The summed E-state index contributed by atoms with van der Waals surface area (Å²) in [5, 5.41) is 8.68. The van der Waals surface area contributed by atoms with Crippen LogP contribution in [-0.4, -0.2) is 117 Å². The van der Waals surface area contributed by atoms with E-state index in [0.29, 0.717) is 77.7 Å². The Morgan fingerprint density at radius 1 is 0.778 bits per heavy atom. The summed E-state index contributed by atoms with van der Waals surface area (Å²) >= 11 is 0. The second-order valence-electron chi connectivity index (χ2n) is 15.5. The molecule has 4 atom stereocenters. The second kappa shape index (κ2) is 19.6. The number of nitrogens with two attached hydrogens (primary N) is 2. The molecule has 2 saturated heterocycles. The molecule has 0 radical (unpaired) electrons. The fourth-order valence-corrected chi connectivity index (χ4v) is 8.28. The van der Waals surface area contributed by atoms with Gasteiger partial charge in [0, 0.05) is 52.1 Å². The predicted molar refractivity (Wildman–Crippen MR) is 209 cm³/mol. The number of nitrogens with one attached hydrogen (secondary N) is 3. The van der Waals surface area contributed by atoms with Gasteiger partial charge in [0.15, 0.2) is 0 Å². The van der Waals surface area contributed by atoms with Gasteiger partial charge in [0.05, 0.1) is 6.04 Å². The number of hydrogen-bond acceptors (Lipinski definition) is 8. The van der Waals surface area contributed by atoms with E-state index < -0.39 is 52.1 Å². The molecule has 4 rings (SSSR count). The van der Waals surface area contributed by atoms with Crippen molar-refractivity contribution in [3.05, 3.63) is 71.8 Å². The van der Waals surface area contributed by atoms with Crippen molar-refractivity contribution in [1.82, 2.24) is 29.5 Å². The SMILES string of the molecule is CC(C)CC(NC(=O)[C@@H](Cc1ccccc1)NC(=O)[C@H](N)Cc1ccccc1)C(=O)N[C@H](CCCCN)C(=O)N1CC2(CCN(S(=O)(=O)N(C)C)CC2)C1. The Labute approximate surface area is 320 Å². The van der Waals surface area contributed by atoms with E-state index in [9.17, 15) is 27.6 Å². The van der Waals surface area contributed by atoms with E-state index in [1.807, 2.05) is 74.5 Å². The van der Waals surface area contributed by atoms with E-state index in [1.165, 1.54) is 22.7 Å². The zero-order valence-corrected chi connectivity index (χ0v) is 33.0. The van der Waals surface area contributed by atoms with Gasteiger partial charge in [0.1, 0.15) is 18.1 Å². The van der Waals surface area contributed by atoms with Crippen molar-refractivity contribution in [2.24, 2.45) is 22.8 Å². The van der Waals surface area contributed by atoms with Gasteiger partial charge in [-0.05, 0) is 68.5 Å². The van der Waals surface area contributed by atoms with Gasteiger partial charge in [-0.15, -0.1) is 0 Å². The zero-order valence-electron chi connectivity index (χ0n) is 32.2. The maximum Gasteiger partial charge on any atom is 0.281 e. The number of carbonyl (C=O) groups excluding carboxylic acids is 4. The number of rotatable bonds is 19. The Hall–Kier alpha value is -3.89. The van der Waals surface area contributed by atoms with Crippen LogP contribution in [0, 0.1) is 11.3 Å². The van der Waals surface area contributed by atoms with Crippen molar-refractivity contribution in [2.75, 3.05) is 46.8 Å². The first kappa shape index (κ1) is 42.8. The van der Waals surface area contributed by atoms with Gasteiger partial charge < -0.3 is 32.3 Å². The molecule has 1 spiro atoms. The minimum atomic E-state index is -3.50. The summed E-state index contributed by atoms with van der Waals surface area (Å²) in [6, 6.07) is 15.0. The minimum absolute atomic E-state index is 0.0197. The molecule has 4 amide bonds. The Morgan fingerprint density at radius 2 is 1.30 bits per heavy atom. The van der Waals surface area contributed by atoms with Crippen LogP contribution in [0.5, 0.6) is 0 Å². The van der Waals surface area contributed by atoms with E-state index >= 15 is 0 Å². The molecule has 15 heteroatoms. The summed E-state index contributed by atoms with van der Waals surface area (Å²) in [6.07, 6.45) is 3.76. The van der Waals surface area contributed by atoms with Crippen LogP contribution in [-0.2, 0) is 42.2 Å². The summed E-state index contributed by atoms with van der Waals surface area (Å²) in [5.41, 5.74) is 13.6. The standard InChI is InChI=1S/C39H60N8O6S/c1-28(2)23-33(44-37(50)34(25-30-15-9-6-10-16-30)43-35(48)31(41)24-29-13-7-5-8-14-29)36(49)42-32(17-11-12-20-40)38(51)46-26-39(27-46)18-21-47(22-19-39)54(52,53)45(3)4/h5-10,13-16,28,31-34H,11-12,17-27,40-41H2,1-4H3,(H,42,49)(H,43,48)(H,44,50)/t31-,32-,33?,34-/m1/s1. The van der Waals surface area contributed by atoms with E-state index in [0.717, 1.165) is 11.1 Å². The Bertz CT molecular complexity index is 1640. The summed E-state index contributed by atoms with van der Waals surface area (Å²) in [5.74, 6) is -1.68. The van der Waals surface area contributed by atoms with Crippen molar-refractivity contribution in [3.8, 4) is 0 Å². The third-order valence-corrected chi connectivity index (χ3v) is 12.3. The van der Waals surface area contributed by atoms with E-state index in [-0.39, 0.29) is 23.7 Å². The average molecular weight is 769 g/mol. The van der Waals surface area contributed by atoms with Crippen LogP contribution in [0.25, 0.3) is 0 Å². The van der Waals surface area contributed by atoms with Crippen LogP contribution in [0.15, 0.2) is 60.7 Å². The maximum absolute atomic E-state index is 14.0. The van der Waals surface area contributed by atoms with Crippen LogP contribution in [0.3, 0.4) is 0 Å². The van der Waals surface area contributed by atoms with Crippen LogP contribution in [0.4, 0.5) is 0 Å². The molecule has 2 heterocycles. The molecular weight excluding hydrogens is 709 g/mol. The molecule has 0 aromatic heterocycles. The number of carbonyl (C=O) groups is 4. The van der Waals surface area contributed by atoms with Crippen molar-refractivity contribution in [1.29, 1.82) is 0 Å². The summed E-state index contributed by atoms with van der Waals surface area (Å²) in [7, 11) is -0.464. The molecule has 14 nitrogen and oxygen atoms in total. The molecule has 2 aliphatic heterocycles. The Balaban J connectivity index is 1.44. The first-order valence-electron chi connectivity index (χ1n) is 19.0. The molecule has 7 N–H and O–H groups in total. The highest BCUT2D eigenvalue weighted by atomic mass is 32.2. The molecule has 1 unspecified atom stereocenters. The summed E-state index contributed by atoms with van der Waals surface area (Å²) < 4.78 is 27.9. The van der Waals surface area contributed by atoms with Gasteiger partial charge in [0.25, 0.3) is 10.2 Å². The van der Waals surface area contributed by atoms with Gasteiger partial charge in [-0.1, -0.05) is 74.5 Å². The molecular formula is C39H60N8O6S. The molecule has 0 saturated carbocycles. The monoisotopic (exact) mass is 768 g/mol. The number of nitrogens with zero attached hydrogens (tertiary/aromatic N) is 3. The Morgan fingerprint density at radius 3 is 1.83 bits per heavy atom. The lowest BCUT2D eigenvalue weighted by Crippen LogP contribution is -2.66. The number of piperidine rings is 1. The van der Waals surface area contributed by atoms with Gasteiger partial charge in [0.2, 0.25) is 23.6 Å². The van der Waals surface area contributed by atoms with Crippen molar-refractivity contribution in [2.45, 2.75) is 89.4 Å². The first-order valence-corrected chi connectivity index (χ1v) is 20.4. The zero-order chi connectivity index (χ0) is 39.5. The molecule has 0 bridgehead atoms. The Kier molecular flexibility index (Phi) is 15.6. The third-order valence-electron chi connectivity index (χ3n) is 10.4. The molecule has 0 aliphatic carbocycles. The minimum Gasteiger partial charge on any atom is -0.343 e. The van der Waals surface area contributed by atoms with Crippen LogP contribution in [0.2, 0.25) is 0 Å². The molecule has 54 heavy (non-hydrogen) atoms. The van der Waals surface area contributed by atoms with E-state index in [2.05, 4.69) is 16.0 Å². The van der Waals surface area contributed by atoms with Gasteiger partial charge in [-0.2, -0.15) is 17.0 Å². The smallest absolute Gasteiger partial charge is 0.281 e. The van der Waals surface area contributed by atoms with Crippen molar-refractivity contribution >= 4 is 33.8 Å². The van der Waals surface area contributed by atoms with Crippen molar-refractivity contribution in [3.63, 3.8) is 0 Å². The van der Waals surface area contributed by atoms with Crippen molar-refractivity contribution < 1.29 is 27.6 Å². The molecule has 2 aromatic carbocycles. The largest absolute Gasteiger partial charge is 0.343 e. The van der Waals surface area contributed by atoms with Gasteiger partial charge in [-0.25, -0.2) is 0 Å². The van der Waals surface area contributed by atoms with Gasteiger partial charge in [-0.3, -0.25) is 19.2 Å². The normalized spacial score (nSPS) is 18.0. The number of unbranched alkanes of at least 4 members (excludes halogenated alkanes) is 1. The fourth-order valence-electron chi connectivity index (χ4n) is 7.17. The first-order chi connectivity index (χ1) is 25.6. The number of likely N-dealkylation sites (tertiary alicyclic amines) is 1. The third kappa shape index (κ3) is 11.8.